The van der Waals surface area contributed by atoms with Crippen molar-refractivity contribution >= 4 is 17.5 Å². The number of amides is 1. The van der Waals surface area contributed by atoms with E-state index in [9.17, 15) is 9.18 Å². The molecule has 0 bridgehead atoms. The van der Waals surface area contributed by atoms with Crippen LogP contribution < -0.4 is 10.6 Å². The molecule has 1 rings (SSSR count). The summed E-state index contributed by atoms with van der Waals surface area (Å²) in [5.74, 6) is -0.372. The van der Waals surface area contributed by atoms with Gasteiger partial charge in [-0.3, -0.25) is 4.79 Å². The number of nitrogens with one attached hydrogen (secondary N) is 2. The molecule has 106 valence electrons. The van der Waals surface area contributed by atoms with Crippen LogP contribution in [0.4, 0.5) is 4.39 Å². The molecule has 0 aliphatic heterocycles. The van der Waals surface area contributed by atoms with E-state index < -0.39 is 0 Å². The maximum absolute atomic E-state index is 13.0. The summed E-state index contributed by atoms with van der Waals surface area (Å²) in [7, 11) is 1.80. The van der Waals surface area contributed by atoms with Gasteiger partial charge in [-0.25, -0.2) is 4.39 Å². The average molecular weight is 287 g/mol. The fourth-order valence-electron chi connectivity index (χ4n) is 1.78. The second-order valence-electron chi connectivity index (χ2n) is 5.14. The van der Waals surface area contributed by atoms with Crippen LogP contribution in [0.1, 0.15) is 25.8 Å². The first-order valence-corrected chi connectivity index (χ1v) is 6.61. The lowest BCUT2D eigenvalue weighted by atomic mass is 9.84. The minimum atomic E-state index is -0.359. The SMILES string of the molecule is CNCCC(=O)NCC(C)(C)c1ccc(F)cc1Cl. The number of carbonyl (C=O) groups excluding carboxylic acids is 1. The third-order valence-electron chi connectivity index (χ3n) is 2.99. The molecular weight excluding hydrogens is 267 g/mol. The van der Waals surface area contributed by atoms with Gasteiger partial charge in [0.1, 0.15) is 5.82 Å². The molecule has 0 radical (unpaired) electrons. The Morgan fingerprint density at radius 1 is 1.42 bits per heavy atom. The van der Waals surface area contributed by atoms with Gasteiger partial charge in [0.15, 0.2) is 0 Å². The Balaban J connectivity index is 2.67. The van der Waals surface area contributed by atoms with Crippen LogP contribution in [0.15, 0.2) is 18.2 Å². The number of hydrogen-bond donors (Lipinski definition) is 2. The van der Waals surface area contributed by atoms with Crippen LogP contribution in [0.3, 0.4) is 0 Å². The zero-order chi connectivity index (χ0) is 14.5. The number of hydrogen-bond acceptors (Lipinski definition) is 2. The van der Waals surface area contributed by atoms with E-state index in [0.717, 1.165) is 5.56 Å². The van der Waals surface area contributed by atoms with E-state index in [0.29, 0.717) is 24.5 Å². The third kappa shape index (κ3) is 4.80. The Morgan fingerprint density at radius 3 is 2.68 bits per heavy atom. The summed E-state index contributed by atoms with van der Waals surface area (Å²) < 4.78 is 13.0. The molecule has 1 aromatic rings. The standard InChI is InChI=1S/C14H20ClFN2O/c1-14(2,9-18-13(19)6-7-17-3)11-5-4-10(16)8-12(11)15/h4-5,8,17H,6-7,9H2,1-3H3,(H,18,19). The minimum Gasteiger partial charge on any atom is -0.355 e. The van der Waals surface area contributed by atoms with Crippen LogP contribution in [-0.2, 0) is 10.2 Å². The molecule has 0 saturated heterocycles. The van der Waals surface area contributed by atoms with Crippen LogP contribution in [0.2, 0.25) is 5.02 Å². The van der Waals surface area contributed by atoms with E-state index in [1.54, 1.807) is 13.1 Å². The van der Waals surface area contributed by atoms with E-state index in [1.807, 2.05) is 13.8 Å². The zero-order valence-corrected chi connectivity index (χ0v) is 12.3. The van der Waals surface area contributed by atoms with Gasteiger partial charge in [-0.15, -0.1) is 0 Å². The Morgan fingerprint density at radius 2 is 2.11 bits per heavy atom. The summed E-state index contributed by atoms with van der Waals surface area (Å²) in [6, 6.07) is 4.34. The first kappa shape index (κ1) is 15.9. The number of benzene rings is 1. The summed E-state index contributed by atoms with van der Waals surface area (Å²) in [6.07, 6.45) is 0.434. The largest absolute Gasteiger partial charge is 0.355 e. The highest BCUT2D eigenvalue weighted by molar-refractivity contribution is 6.31. The summed E-state index contributed by atoms with van der Waals surface area (Å²) in [5, 5.41) is 6.17. The highest BCUT2D eigenvalue weighted by Crippen LogP contribution is 2.29. The third-order valence-corrected chi connectivity index (χ3v) is 3.30. The van der Waals surface area contributed by atoms with Crippen molar-refractivity contribution in [2.45, 2.75) is 25.7 Å². The van der Waals surface area contributed by atoms with Crippen molar-refractivity contribution in [1.29, 1.82) is 0 Å². The summed E-state index contributed by atoms with van der Waals surface area (Å²) in [6.45, 7) is 5.03. The van der Waals surface area contributed by atoms with Crippen LogP contribution in [-0.4, -0.2) is 26.0 Å². The van der Waals surface area contributed by atoms with Gasteiger partial charge in [-0.05, 0) is 24.7 Å². The highest BCUT2D eigenvalue weighted by atomic mass is 35.5. The van der Waals surface area contributed by atoms with E-state index in [1.165, 1.54) is 12.1 Å². The van der Waals surface area contributed by atoms with Gasteiger partial charge in [0.05, 0.1) is 0 Å². The van der Waals surface area contributed by atoms with Gasteiger partial charge in [0.25, 0.3) is 0 Å². The van der Waals surface area contributed by atoms with E-state index in [2.05, 4.69) is 10.6 Å². The maximum Gasteiger partial charge on any atom is 0.221 e. The van der Waals surface area contributed by atoms with Crippen molar-refractivity contribution < 1.29 is 9.18 Å². The molecule has 0 aliphatic rings. The molecule has 1 amide bonds. The van der Waals surface area contributed by atoms with Crippen LogP contribution in [0.25, 0.3) is 0 Å². The zero-order valence-electron chi connectivity index (χ0n) is 11.5. The van der Waals surface area contributed by atoms with Gasteiger partial charge in [-0.2, -0.15) is 0 Å². The van der Waals surface area contributed by atoms with E-state index in [4.69, 9.17) is 11.6 Å². The second kappa shape index (κ2) is 6.87. The molecule has 5 heteroatoms. The van der Waals surface area contributed by atoms with Crippen molar-refractivity contribution in [2.75, 3.05) is 20.1 Å². The Hall–Kier alpha value is -1.13. The van der Waals surface area contributed by atoms with Crippen molar-refractivity contribution in [3.05, 3.63) is 34.6 Å². The molecule has 0 aromatic heterocycles. The van der Waals surface area contributed by atoms with E-state index in [-0.39, 0.29) is 17.1 Å². The van der Waals surface area contributed by atoms with Gasteiger partial charge in [0, 0.05) is 29.9 Å². The Bertz CT molecular complexity index is 449. The quantitative estimate of drug-likeness (QED) is 0.843. The smallest absolute Gasteiger partial charge is 0.221 e. The van der Waals surface area contributed by atoms with Crippen LogP contribution in [0, 0.1) is 5.82 Å². The van der Waals surface area contributed by atoms with Gasteiger partial charge in [-0.1, -0.05) is 31.5 Å². The molecule has 19 heavy (non-hydrogen) atoms. The molecule has 1 aromatic carbocycles. The molecule has 0 heterocycles. The Kier molecular flexibility index (Phi) is 5.76. The molecule has 0 unspecified atom stereocenters. The number of halogens is 2. The van der Waals surface area contributed by atoms with Gasteiger partial charge in [0.2, 0.25) is 5.91 Å². The van der Waals surface area contributed by atoms with Gasteiger partial charge >= 0.3 is 0 Å². The lowest BCUT2D eigenvalue weighted by Crippen LogP contribution is -2.37. The monoisotopic (exact) mass is 286 g/mol. The number of rotatable bonds is 6. The van der Waals surface area contributed by atoms with E-state index >= 15 is 0 Å². The summed E-state index contributed by atoms with van der Waals surface area (Å²) in [4.78, 5) is 11.6. The van der Waals surface area contributed by atoms with Crippen molar-refractivity contribution in [1.82, 2.24) is 10.6 Å². The molecular formula is C14H20ClFN2O. The molecule has 0 spiro atoms. The molecule has 0 saturated carbocycles. The lowest BCUT2D eigenvalue weighted by molar-refractivity contribution is -0.121. The topological polar surface area (TPSA) is 41.1 Å². The fourth-order valence-corrected chi connectivity index (χ4v) is 2.20. The van der Waals surface area contributed by atoms with Crippen LogP contribution >= 0.6 is 11.6 Å². The summed E-state index contributed by atoms with van der Waals surface area (Å²) >= 11 is 6.05. The maximum atomic E-state index is 13.0. The Labute approximate surface area is 118 Å². The highest BCUT2D eigenvalue weighted by Gasteiger charge is 2.24. The fraction of sp³-hybridized carbons (Fsp3) is 0.500. The molecule has 0 aliphatic carbocycles. The second-order valence-corrected chi connectivity index (χ2v) is 5.55. The number of carbonyl (C=O) groups is 1. The normalized spacial score (nSPS) is 11.4. The predicted octanol–water partition coefficient (Wildman–Crippen LogP) is 2.48. The molecule has 0 fully saturated rings. The summed E-state index contributed by atoms with van der Waals surface area (Å²) in [5.41, 5.74) is 0.476. The average Bonchev–Trinajstić information content (AvgIpc) is 2.33. The molecule has 0 atom stereocenters. The van der Waals surface area contributed by atoms with Crippen LogP contribution in [0.5, 0.6) is 0 Å². The predicted molar refractivity (Wildman–Crippen MR) is 76.0 cm³/mol. The van der Waals surface area contributed by atoms with Crippen molar-refractivity contribution in [2.24, 2.45) is 0 Å². The van der Waals surface area contributed by atoms with Crippen molar-refractivity contribution in [3.8, 4) is 0 Å². The first-order chi connectivity index (χ1) is 8.86. The van der Waals surface area contributed by atoms with Crippen molar-refractivity contribution in [3.63, 3.8) is 0 Å². The lowest BCUT2D eigenvalue weighted by Gasteiger charge is -2.26. The molecule has 3 nitrogen and oxygen atoms in total. The van der Waals surface area contributed by atoms with Gasteiger partial charge < -0.3 is 10.6 Å². The minimum absolute atomic E-state index is 0.0133. The first-order valence-electron chi connectivity index (χ1n) is 6.23. The molecule has 2 N–H and O–H groups in total.